The molecule has 0 bridgehead atoms. The Bertz CT molecular complexity index is 271. The molecule has 1 heterocycles. The summed E-state index contributed by atoms with van der Waals surface area (Å²) in [6, 6.07) is 10.3. The van der Waals surface area contributed by atoms with Gasteiger partial charge in [-0.25, -0.2) is 0 Å². The van der Waals surface area contributed by atoms with Gasteiger partial charge in [0.05, 0.1) is 6.10 Å². The van der Waals surface area contributed by atoms with Crippen molar-refractivity contribution in [2.24, 2.45) is 0 Å². The number of ether oxygens (including phenoxy) is 2. The van der Waals surface area contributed by atoms with Crippen LogP contribution < -0.4 is 0 Å². The number of rotatable bonds is 3. The SMILES string of the molecule is CCOC1CCC(c2ccccc2)O1. The van der Waals surface area contributed by atoms with Gasteiger partial charge in [0.2, 0.25) is 0 Å². The van der Waals surface area contributed by atoms with Crippen molar-refractivity contribution in [3.8, 4) is 0 Å². The molecule has 0 aromatic heterocycles. The highest BCUT2D eigenvalue weighted by molar-refractivity contribution is 5.18. The molecule has 0 radical (unpaired) electrons. The molecule has 1 aliphatic rings. The number of hydrogen-bond donors (Lipinski definition) is 0. The minimum atomic E-state index is 0.00482. The summed E-state index contributed by atoms with van der Waals surface area (Å²) < 4.78 is 11.2. The molecule has 2 unspecified atom stereocenters. The van der Waals surface area contributed by atoms with E-state index in [0.717, 1.165) is 19.4 Å². The summed E-state index contributed by atoms with van der Waals surface area (Å²) >= 11 is 0. The molecule has 2 heteroatoms. The monoisotopic (exact) mass is 192 g/mol. The first-order valence-corrected chi connectivity index (χ1v) is 5.22. The average Bonchev–Trinajstić information content (AvgIpc) is 2.68. The van der Waals surface area contributed by atoms with Crippen LogP contribution in [0.2, 0.25) is 0 Å². The highest BCUT2D eigenvalue weighted by atomic mass is 16.7. The van der Waals surface area contributed by atoms with E-state index in [-0.39, 0.29) is 12.4 Å². The third-order valence-corrected chi connectivity index (χ3v) is 2.50. The zero-order chi connectivity index (χ0) is 9.80. The fourth-order valence-electron chi connectivity index (χ4n) is 1.83. The minimum Gasteiger partial charge on any atom is -0.353 e. The van der Waals surface area contributed by atoms with Crippen molar-refractivity contribution < 1.29 is 9.47 Å². The Morgan fingerprint density at radius 3 is 2.79 bits per heavy atom. The molecule has 2 rings (SSSR count). The number of hydrogen-bond acceptors (Lipinski definition) is 2. The Morgan fingerprint density at radius 2 is 2.07 bits per heavy atom. The van der Waals surface area contributed by atoms with Crippen LogP contribution in [-0.4, -0.2) is 12.9 Å². The summed E-state index contributed by atoms with van der Waals surface area (Å²) in [7, 11) is 0. The topological polar surface area (TPSA) is 18.5 Å². The van der Waals surface area contributed by atoms with Crippen LogP contribution in [-0.2, 0) is 9.47 Å². The molecule has 0 saturated carbocycles. The Labute approximate surface area is 84.8 Å². The second-order valence-electron chi connectivity index (χ2n) is 3.50. The molecule has 0 amide bonds. The third-order valence-electron chi connectivity index (χ3n) is 2.50. The van der Waals surface area contributed by atoms with Crippen LogP contribution in [0.15, 0.2) is 30.3 Å². The molecule has 1 aromatic carbocycles. The van der Waals surface area contributed by atoms with Crippen LogP contribution in [0.1, 0.15) is 31.4 Å². The van der Waals surface area contributed by atoms with Gasteiger partial charge in [-0.2, -0.15) is 0 Å². The summed E-state index contributed by atoms with van der Waals surface area (Å²) in [5, 5.41) is 0. The first-order chi connectivity index (χ1) is 6.90. The van der Waals surface area contributed by atoms with E-state index in [2.05, 4.69) is 12.1 Å². The van der Waals surface area contributed by atoms with Gasteiger partial charge in [0.15, 0.2) is 6.29 Å². The Hall–Kier alpha value is -0.860. The van der Waals surface area contributed by atoms with Crippen LogP contribution in [0, 0.1) is 0 Å². The quantitative estimate of drug-likeness (QED) is 0.733. The first-order valence-electron chi connectivity index (χ1n) is 5.22. The normalized spacial score (nSPS) is 26.6. The molecule has 1 saturated heterocycles. The van der Waals surface area contributed by atoms with Gasteiger partial charge in [0.1, 0.15) is 0 Å². The highest BCUT2D eigenvalue weighted by Crippen LogP contribution is 2.32. The van der Waals surface area contributed by atoms with Gasteiger partial charge in [-0.1, -0.05) is 30.3 Å². The van der Waals surface area contributed by atoms with Gasteiger partial charge < -0.3 is 9.47 Å². The second-order valence-corrected chi connectivity index (χ2v) is 3.50. The van der Waals surface area contributed by atoms with Gasteiger partial charge in [-0.3, -0.25) is 0 Å². The summed E-state index contributed by atoms with van der Waals surface area (Å²) in [4.78, 5) is 0. The maximum Gasteiger partial charge on any atom is 0.158 e. The summed E-state index contributed by atoms with van der Waals surface area (Å²) in [5.74, 6) is 0. The van der Waals surface area contributed by atoms with Crippen molar-refractivity contribution in [3.63, 3.8) is 0 Å². The molecule has 2 nitrogen and oxygen atoms in total. The van der Waals surface area contributed by atoms with E-state index in [1.54, 1.807) is 0 Å². The molecule has 14 heavy (non-hydrogen) atoms. The smallest absolute Gasteiger partial charge is 0.158 e. The summed E-state index contributed by atoms with van der Waals surface area (Å²) in [6.45, 7) is 2.73. The van der Waals surface area contributed by atoms with E-state index in [9.17, 15) is 0 Å². The standard InChI is InChI=1S/C12H16O2/c1-2-13-12-9-8-11(14-12)10-6-4-3-5-7-10/h3-7,11-12H,2,8-9H2,1H3. The largest absolute Gasteiger partial charge is 0.353 e. The van der Waals surface area contributed by atoms with E-state index < -0.39 is 0 Å². The molecule has 1 fully saturated rings. The maximum atomic E-state index is 5.77. The zero-order valence-electron chi connectivity index (χ0n) is 8.48. The fourth-order valence-corrected chi connectivity index (χ4v) is 1.83. The van der Waals surface area contributed by atoms with Crippen molar-refractivity contribution in [2.45, 2.75) is 32.2 Å². The third kappa shape index (κ3) is 2.14. The van der Waals surface area contributed by atoms with Crippen LogP contribution in [0.5, 0.6) is 0 Å². The molecule has 76 valence electrons. The lowest BCUT2D eigenvalue weighted by Crippen LogP contribution is -2.10. The minimum absolute atomic E-state index is 0.00482. The lowest BCUT2D eigenvalue weighted by atomic mass is 10.1. The predicted octanol–water partition coefficient (Wildman–Crippen LogP) is 2.90. The van der Waals surface area contributed by atoms with Gasteiger partial charge in [-0.05, 0) is 18.9 Å². The van der Waals surface area contributed by atoms with Crippen molar-refractivity contribution >= 4 is 0 Å². The molecular formula is C12H16O2. The van der Waals surface area contributed by atoms with Crippen molar-refractivity contribution in [2.75, 3.05) is 6.61 Å². The van der Waals surface area contributed by atoms with Crippen LogP contribution in [0.25, 0.3) is 0 Å². The second kappa shape index (κ2) is 4.58. The Kier molecular flexibility index (Phi) is 3.17. The van der Waals surface area contributed by atoms with Gasteiger partial charge in [0.25, 0.3) is 0 Å². The molecular weight excluding hydrogens is 176 g/mol. The van der Waals surface area contributed by atoms with Crippen LogP contribution in [0.3, 0.4) is 0 Å². The van der Waals surface area contributed by atoms with E-state index in [0.29, 0.717) is 0 Å². The van der Waals surface area contributed by atoms with E-state index >= 15 is 0 Å². The lowest BCUT2D eigenvalue weighted by molar-refractivity contribution is -0.131. The lowest BCUT2D eigenvalue weighted by Gasteiger charge is -2.13. The highest BCUT2D eigenvalue weighted by Gasteiger charge is 2.26. The Balaban J connectivity index is 1.96. The van der Waals surface area contributed by atoms with Crippen LogP contribution in [0.4, 0.5) is 0 Å². The molecule has 0 spiro atoms. The van der Waals surface area contributed by atoms with E-state index in [1.807, 2.05) is 25.1 Å². The van der Waals surface area contributed by atoms with Gasteiger partial charge in [0, 0.05) is 13.0 Å². The first kappa shape index (κ1) is 9.69. The summed E-state index contributed by atoms with van der Waals surface area (Å²) in [5.41, 5.74) is 1.26. The molecule has 2 atom stereocenters. The molecule has 1 aliphatic heterocycles. The Morgan fingerprint density at radius 1 is 1.29 bits per heavy atom. The van der Waals surface area contributed by atoms with E-state index in [1.165, 1.54) is 5.56 Å². The van der Waals surface area contributed by atoms with E-state index in [4.69, 9.17) is 9.47 Å². The van der Waals surface area contributed by atoms with Gasteiger partial charge in [-0.15, -0.1) is 0 Å². The summed E-state index contributed by atoms with van der Waals surface area (Å²) in [6.07, 6.45) is 2.31. The van der Waals surface area contributed by atoms with Crippen molar-refractivity contribution in [1.29, 1.82) is 0 Å². The number of benzene rings is 1. The molecule has 0 aliphatic carbocycles. The van der Waals surface area contributed by atoms with Crippen LogP contribution >= 0.6 is 0 Å². The van der Waals surface area contributed by atoms with Crippen molar-refractivity contribution in [1.82, 2.24) is 0 Å². The van der Waals surface area contributed by atoms with Crippen molar-refractivity contribution in [3.05, 3.63) is 35.9 Å². The molecule has 0 N–H and O–H groups in total. The average molecular weight is 192 g/mol. The predicted molar refractivity (Wildman–Crippen MR) is 54.9 cm³/mol. The van der Waals surface area contributed by atoms with Gasteiger partial charge >= 0.3 is 0 Å². The molecule has 1 aromatic rings. The maximum absolute atomic E-state index is 5.77. The zero-order valence-corrected chi connectivity index (χ0v) is 8.48. The fraction of sp³-hybridized carbons (Fsp3) is 0.500.